The first kappa shape index (κ1) is 16.7. The molecule has 0 atom stereocenters. The second-order valence-electron chi connectivity index (χ2n) is 6.72. The van der Waals surface area contributed by atoms with Crippen LogP contribution in [0.3, 0.4) is 0 Å². The fraction of sp³-hybridized carbons (Fsp3) is 0.350. The quantitative estimate of drug-likeness (QED) is 0.685. The Morgan fingerprint density at radius 2 is 1.62 bits per heavy atom. The number of likely N-dealkylation sites (tertiary alicyclic amines) is 1. The third-order valence-corrected chi connectivity index (χ3v) is 4.85. The van der Waals surface area contributed by atoms with E-state index in [4.69, 9.17) is 4.74 Å². The van der Waals surface area contributed by atoms with Gasteiger partial charge in [-0.1, -0.05) is 53.6 Å². The lowest BCUT2D eigenvalue weighted by atomic mass is 9.97. The molecule has 0 N–H and O–H groups in total. The molecule has 1 aliphatic rings. The molecule has 26 heavy (non-hydrogen) atoms. The van der Waals surface area contributed by atoms with Gasteiger partial charge in [-0.3, -0.25) is 4.90 Å². The fourth-order valence-corrected chi connectivity index (χ4v) is 3.35. The number of tetrazole rings is 1. The van der Waals surface area contributed by atoms with Gasteiger partial charge < -0.3 is 4.74 Å². The summed E-state index contributed by atoms with van der Waals surface area (Å²) >= 11 is 0. The second-order valence-corrected chi connectivity index (χ2v) is 6.72. The Labute approximate surface area is 153 Å². The van der Waals surface area contributed by atoms with Crippen molar-refractivity contribution in [3.63, 3.8) is 0 Å². The third kappa shape index (κ3) is 4.08. The maximum absolute atomic E-state index is 5.93. The Balaban J connectivity index is 1.28. The monoisotopic (exact) mass is 349 g/mol. The molecule has 0 bridgehead atoms. The Morgan fingerprint density at radius 3 is 2.35 bits per heavy atom. The summed E-state index contributed by atoms with van der Waals surface area (Å²) in [4.78, 5) is 2.51. The molecular weight excluding hydrogens is 326 g/mol. The molecule has 0 aliphatic carbocycles. The maximum atomic E-state index is 5.93. The average molecular weight is 349 g/mol. The molecule has 3 aromatic rings. The highest BCUT2D eigenvalue weighted by molar-refractivity contribution is 5.31. The maximum Gasteiger partial charge on any atom is 0.340 e. The highest BCUT2D eigenvalue weighted by atomic mass is 16.5. The predicted octanol–water partition coefficient (Wildman–Crippen LogP) is 2.95. The Morgan fingerprint density at radius 1 is 0.923 bits per heavy atom. The van der Waals surface area contributed by atoms with Crippen molar-refractivity contribution in [1.29, 1.82) is 0 Å². The van der Waals surface area contributed by atoms with Crippen molar-refractivity contribution in [2.75, 3.05) is 19.7 Å². The van der Waals surface area contributed by atoms with Gasteiger partial charge in [0.25, 0.3) is 0 Å². The summed E-state index contributed by atoms with van der Waals surface area (Å²) in [7, 11) is 0. The Kier molecular flexibility index (Phi) is 5.21. The molecule has 134 valence electrons. The Bertz CT molecular complexity index is 797. The molecule has 1 aromatic heterocycles. The van der Waals surface area contributed by atoms with Gasteiger partial charge in [0.2, 0.25) is 0 Å². The molecule has 2 aromatic carbocycles. The first-order chi connectivity index (χ1) is 12.9. The van der Waals surface area contributed by atoms with E-state index in [9.17, 15) is 0 Å². The van der Waals surface area contributed by atoms with Gasteiger partial charge in [-0.05, 0) is 60.0 Å². The van der Waals surface area contributed by atoms with Crippen molar-refractivity contribution >= 4 is 0 Å². The van der Waals surface area contributed by atoms with Crippen LogP contribution >= 0.6 is 0 Å². The van der Waals surface area contributed by atoms with Gasteiger partial charge in [-0.15, -0.1) is 0 Å². The highest BCUT2D eigenvalue weighted by Gasteiger charge is 2.21. The van der Waals surface area contributed by atoms with Crippen LogP contribution in [0.1, 0.15) is 18.4 Å². The molecule has 0 amide bonds. The molecule has 6 heteroatoms. The van der Waals surface area contributed by atoms with Crippen LogP contribution in [0.25, 0.3) is 5.69 Å². The highest BCUT2D eigenvalue weighted by Crippen LogP contribution is 2.21. The van der Waals surface area contributed by atoms with Gasteiger partial charge in [0, 0.05) is 6.54 Å². The number of nitrogens with zero attached hydrogens (tertiary/aromatic N) is 5. The molecule has 1 fully saturated rings. The van der Waals surface area contributed by atoms with Crippen molar-refractivity contribution in [2.45, 2.75) is 19.4 Å². The molecule has 0 unspecified atom stereocenters. The van der Waals surface area contributed by atoms with Crippen LogP contribution in [0.15, 0.2) is 60.7 Å². The van der Waals surface area contributed by atoms with Crippen molar-refractivity contribution in [1.82, 2.24) is 25.1 Å². The smallest absolute Gasteiger partial charge is 0.340 e. The van der Waals surface area contributed by atoms with E-state index in [0.717, 1.165) is 38.2 Å². The van der Waals surface area contributed by atoms with Crippen molar-refractivity contribution in [3.8, 4) is 11.7 Å². The number of rotatable bonds is 6. The van der Waals surface area contributed by atoms with E-state index in [0.29, 0.717) is 18.5 Å². The molecule has 6 nitrogen and oxygen atoms in total. The third-order valence-electron chi connectivity index (χ3n) is 4.85. The lowest BCUT2D eigenvalue weighted by molar-refractivity contribution is 0.130. The normalized spacial score (nSPS) is 15.8. The summed E-state index contributed by atoms with van der Waals surface area (Å²) in [5.41, 5.74) is 2.29. The Hall–Kier alpha value is -2.73. The van der Waals surface area contributed by atoms with Crippen LogP contribution in [0.5, 0.6) is 6.01 Å². The summed E-state index contributed by atoms with van der Waals surface area (Å²) in [5, 5.41) is 11.8. The van der Waals surface area contributed by atoms with Gasteiger partial charge in [-0.25, -0.2) is 0 Å². The fourth-order valence-electron chi connectivity index (χ4n) is 3.35. The standard InChI is InChI=1S/C20H23N5O/c1-3-7-17(8-4-1)15-24-13-11-18(12-14-24)16-26-20-21-22-23-25(20)19-9-5-2-6-10-19/h1-10,18H,11-16H2. The molecule has 0 spiro atoms. The molecule has 2 heterocycles. The number of para-hydroxylation sites is 1. The number of benzene rings is 2. The van der Waals surface area contributed by atoms with Crippen LogP contribution in [0.4, 0.5) is 0 Å². The van der Waals surface area contributed by atoms with Crippen LogP contribution in [-0.4, -0.2) is 44.8 Å². The minimum absolute atomic E-state index is 0.461. The first-order valence-electron chi connectivity index (χ1n) is 9.11. The van der Waals surface area contributed by atoms with E-state index >= 15 is 0 Å². The summed E-state index contributed by atoms with van der Waals surface area (Å²) in [6.45, 7) is 3.89. The summed E-state index contributed by atoms with van der Waals surface area (Å²) in [6.07, 6.45) is 2.28. The zero-order valence-electron chi connectivity index (χ0n) is 14.7. The van der Waals surface area contributed by atoms with Gasteiger partial charge in [0.1, 0.15) is 0 Å². The van der Waals surface area contributed by atoms with Gasteiger partial charge in [0.15, 0.2) is 0 Å². The summed E-state index contributed by atoms with van der Waals surface area (Å²) in [5.74, 6) is 0.544. The topological polar surface area (TPSA) is 56.1 Å². The molecule has 0 radical (unpaired) electrons. The lowest BCUT2D eigenvalue weighted by Gasteiger charge is -2.31. The van der Waals surface area contributed by atoms with E-state index in [2.05, 4.69) is 50.8 Å². The van der Waals surface area contributed by atoms with E-state index in [1.54, 1.807) is 4.68 Å². The van der Waals surface area contributed by atoms with Crippen LogP contribution in [-0.2, 0) is 6.54 Å². The molecular formula is C20H23N5O. The van der Waals surface area contributed by atoms with E-state index in [-0.39, 0.29) is 0 Å². The summed E-state index contributed by atoms with van der Waals surface area (Å²) < 4.78 is 7.58. The first-order valence-corrected chi connectivity index (χ1v) is 9.11. The zero-order valence-corrected chi connectivity index (χ0v) is 14.7. The average Bonchev–Trinajstić information content (AvgIpc) is 3.18. The molecule has 4 rings (SSSR count). The number of piperidine rings is 1. The van der Waals surface area contributed by atoms with Crippen LogP contribution in [0.2, 0.25) is 0 Å². The largest absolute Gasteiger partial charge is 0.462 e. The number of hydrogen-bond acceptors (Lipinski definition) is 5. The minimum atomic E-state index is 0.461. The predicted molar refractivity (Wildman–Crippen MR) is 99.1 cm³/mol. The van der Waals surface area contributed by atoms with Gasteiger partial charge in [0.05, 0.1) is 12.3 Å². The summed E-state index contributed by atoms with van der Waals surface area (Å²) in [6, 6.07) is 20.9. The van der Waals surface area contributed by atoms with E-state index < -0.39 is 0 Å². The molecule has 1 saturated heterocycles. The number of aromatic nitrogens is 4. The SMILES string of the molecule is c1ccc(CN2CCC(COc3nnnn3-c3ccccc3)CC2)cc1. The van der Waals surface area contributed by atoms with E-state index in [1.807, 2.05) is 30.3 Å². The van der Waals surface area contributed by atoms with Crippen LogP contribution in [0, 0.1) is 5.92 Å². The minimum Gasteiger partial charge on any atom is -0.462 e. The second kappa shape index (κ2) is 8.10. The zero-order chi connectivity index (χ0) is 17.6. The number of hydrogen-bond donors (Lipinski definition) is 0. The van der Waals surface area contributed by atoms with Crippen molar-refractivity contribution < 1.29 is 4.74 Å². The molecule has 1 aliphatic heterocycles. The molecule has 0 saturated carbocycles. The van der Waals surface area contributed by atoms with Gasteiger partial charge in [-0.2, -0.15) is 4.68 Å². The van der Waals surface area contributed by atoms with E-state index in [1.165, 1.54) is 5.56 Å². The number of ether oxygens (including phenoxy) is 1. The van der Waals surface area contributed by atoms with Gasteiger partial charge >= 0.3 is 6.01 Å². The van der Waals surface area contributed by atoms with Crippen LogP contribution < -0.4 is 4.74 Å². The van der Waals surface area contributed by atoms with Crippen molar-refractivity contribution in [3.05, 3.63) is 66.2 Å². The van der Waals surface area contributed by atoms with Crippen molar-refractivity contribution in [2.24, 2.45) is 5.92 Å². The lowest BCUT2D eigenvalue weighted by Crippen LogP contribution is -2.35.